The van der Waals surface area contributed by atoms with Crippen LogP contribution in [-0.4, -0.2) is 33.9 Å². The first kappa shape index (κ1) is 32.3. The molecule has 7 heteroatoms. The van der Waals surface area contributed by atoms with Crippen LogP contribution in [0.1, 0.15) is 76.0 Å². The number of amides is 1. The highest BCUT2D eigenvalue weighted by atomic mass is 19.4. The van der Waals surface area contributed by atoms with Gasteiger partial charge in [-0.2, -0.15) is 13.2 Å². The van der Waals surface area contributed by atoms with Crippen molar-refractivity contribution in [2.24, 2.45) is 5.92 Å². The summed E-state index contributed by atoms with van der Waals surface area (Å²) in [6.07, 6.45) is 4.51. The molecule has 196 valence electrons. The van der Waals surface area contributed by atoms with E-state index in [4.69, 9.17) is 0 Å². The van der Waals surface area contributed by atoms with E-state index in [1.807, 2.05) is 24.1 Å². The van der Waals surface area contributed by atoms with E-state index in [2.05, 4.69) is 44.2 Å². The van der Waals surface area contributed by atoms with Crippen molar-refractivity contribution in [1.29, 1.82) is 0 Å². The molecule has 1 unspecified atom stereocenters. The smallest absolute Gasteiger partial charge is 0.339 e. The third kappa shape index (κ3) is 15.0. The Morgan fingerprint density at radius 3 is 2.14 bits per heavy atom. The van der Waals surface area contributed by atoms with Gasteiger partial charge in [0.1, 0.15) is 5.82 Å². The highest BCUT2D eigenvalue weighted by Crippen LogP contribution is 2.28. The zero-order valence-electron chi connectivity index (χ0n) is 22.2. The molecule has 0 N–H and O–H groups in total. The monoisotopic (exact) mass is 493 g/mol. The Kier molecular flexibility index (Phi) is 16.3. The van der Waals surface area contributed by atoms with Gasteiger partial charge < -0.3 is 4.90 Å². The Bertz CT molecular complexity index is 851. The second kappa shape index (κ2) is 17.7. The van der Waals surface area contributed by atoms with E-state index in [-0.39, 0.29) is 5.91 Å². The molecule has 1 amide bonds. The van der Waals surface area contributed by atoms with Gasteiger partial charge in [-0.05, 0) is 63.3 Å². The Balaban J connectivity index is 0.000000502. The van der Waals surface area contributed by atoms with Crippen LogP contribution in [0.5, 0.6) is 0 Å². The number of hydrogen-bond acceptors (Lipinski definition) is 3. The van der Waals surface area contributed by atoms with Crippen molar-refractivity contribution in [2.75, 3.05) is 13.1 Å². The topological polar surface area (TPSA) is 46.1 Å². The molecule has 4 nitrogen and oxygen atoms in total. The Hall–Kier alpha value is -2.70. The Morgan fingerprint density at radius 2 is 1.69 bits per heavy atom. The lowest BCUT2D eigenvalue weighted by atomic mass is 10.1. The van der Waals surface area contributed by atoms with Crippen LogP contribution in [0.4, 0.5) is 13.2 Å². The summed E-state index contributed by atoms with van der Waals surface area (Å²) in [6.45, 7) is 17.6. The summed E-state index contributed by atoms with van der Waals surface area (Å²) in [7, 11) is 0. The maximum absolute atomic E-state index is 11.9. The Labute approximate surface area is 209 Å². The van der Waals surface area contributed by atoms with Crippen molar-refractivity contribution in [2.45, 2.75) is 79.8 Å². The fourth-order valence-electron chi connectivity index (χ4n) is 2.95. The van der Waals surface area contributed by atoms with E-state index in [1.54, 1.807) is 6.92 Å². The summed E-state index contributed by atoms with van der Waals surface area (Å²) in [5, 5.41) is 0. The lowest BCUT2D eigenvalue weighted by Crippen LogP contribution is -2.31. The molecular weight excluding hydrogens is 451 g/mol. The quantitative estimate of drug-likeness (QED) is 0.338. The van der Waals surface area contributed by atoms with Crippen LogP contribution in [-0.2, 0) is 17.4 Å². The standard InChI is InChI=1S/C12H23NO.C8H7F3.C8H12N2/c1-5-9-13(12(14)7-3)10-8-11(4)6-2;1-6-2-4-7(5-3-6)8(9,10)11;1-3-4-8-5-6-9-7(2)10-8/h7,11H,3,5-6,8-10H2,1-2,4H3;2-5H,1H3;5-6H,3-4H2,1-2H3. The van der Waals surface area contributed by atoms with Gasteiger partial charge in [0.2, 0.25) is 5.91 Å². The molecular formula is C28H42F3N3O. The van der Waals surface area contributed by atoms with Crippen molar-refractivity contribution in [3.8, 4) is 0 Å². The van der Waals surface area contributed by atoms with Gasteiger partial charge in [-0.25, -0.2) is 9.97 Å². The average molecular weight is 494 g/mol. The minimum absolute atomic E-state index is 0.0650. The predicted molar refractivity (Wildman–Crippen MR) is 138 cm³/mol. The minimum Gasteiger partial charge on any atom is -0.339 e. The number of halogens is 3. The van der Waals surface area contributed by atoms with Gasteiger partial charge in [-0.15, -0.1) is 0 Å². The number of aromatic nitrogens is 2. The summed E-state index contributed by atoms with van der Waals surface area (Å²) < 4.78 is 35.8. The van der Waals surface area contributed by atoms with Crippen LogP contribution in [0.3, 0.4) is 0 Å². The average Bonchev–Trinajstić information content (AvgIpc) is 2.82. The number of rotatable bonds is 9. The van der Waals surface area contributed by atoms with Crippen molar-refractivity contribution < 1.29 is 18.0 Å². The van der Waals surface area contributed by atoms with Crippen LogP contribution in [0.15, 0.2) is 49.2 Å². The van der Waals surface area contributed by atoms with Gasteiger partial charge in [-0.3, -0.25) is 4.79 Å². The van der Waals surface area contributed by atoms with Crippen molar-refractivity contribution in [3.05, 3.63) is 71.8 Å². The summed E-state index contributed by atoms with van der Waals surface area (Å²) in [6, 6.07) is 7.02. The van der Waals surface area contributed by atoms with E-state index in [0.29, 0.717) is 5.92 Å². The predicted octanol–water partition coefficient (Wildman–Crippen LogP) is 7.60. The van der Waals surface area contributed by atoms with Crippen molar-refractivity contribution in [1.82, 2.24) is 14.9 Å². The van der Waals surface area contributed by atoms with Crippen molar-refractivity contribution in [3.63, 3.8) is 0 Å². The summed E-state index contributed by atoms with van der Waals surface area (Å²) in [4.78, 5) is 21.6. The lowest BCUT2D eigenvalue weighted by Gasteiger charge is -2.22. The SMILES string of the molecule is C=CC(=O)N(CCC)CCC(C)CC.CCCc1ccnc(C)n1.Cc1ccc(C(F)(F)F)cc1. The number of aryl methyl sites for hydroxylation is 3. The lowest BCUT2D eigenvalue weighted by molar-refractivity contribution is -0.137. The summed E-state index contributed by atoms with van der Waals surface area (Å²) in [5.41, 5.74) is 1.39. The normalized spacial score (nSPS) is 11.3. The van der Waals surface area contributed by atoms with Crippen LogP contribution < -0.4 is 0 Å². The molecule has 0 aliphatic carbocycles. The third-order valence-electron chi connectivity index (χ3n) is 5.29. The first-order valence-corrected chi connectivity index (χ1v) is 12.3. The van der Waals surface area contributed by atoms with E-state index < -0.39 is 11.7 Å². The minimum atomic E-state index is -4.21. The van der Waals surface area contributed by atoms with E-state index in [9.17, 15) is 18.0 Å². The molecule has 2 rings (SSSR count). The number of nitrogens with zero attached hydrogens (tertiary/aromatic N) is 3. The molecule has 2 aromatic rings. The number of alkyl halides is 3. The number of benzene rings is 1. The zero-order chi connectivity index (χ0) is 26.9. The second-order valence-electron chi connectivity index (χ2n) is 8.54. The molecule has 1 aromatic carbocycles. The molecule has 0 saturated carbocycles. The van der Waals surface area contributed by atoms with Crippen LogP contribution in [0, 0.1) is 19.8 Å². The molecule has 0 bridgehead atoms. The molecule has 0 saturated heterocycles. The van der Waals surface area contributed by atoms with Crippen LogP contribution >= 0.6 is 0 Å². The first-order chi connectivity index (χ1) is 16.5. The summed E-state index contributed by atoms with van der Waals surface area (Å²) in [5.74, 6) is 1.63. The molecule has 1 heterocycles. The van der Waals surface area contributed by atoms with Gasteiger partial charge in [-0.1, -0.05) is 64.8 Å². The van der Waals surface area contributed by atoms with Crippen LogP contribution in [0.25, 0.3) is 0 Å². The van der Waals surface area contributed by atoms with Gasteiger partial charge >= 0.3 is 6.18 Å². The largest absolute Gasteiger partial charge is 0.416 e. The molecule has 1 aromatic heterocycles. The molecule has 35 heavy (non-hydrogen) atoms. The van der Waals surface area contributed by atoms with Gasteiger partial charge in [0.25, 0.3) is 0 Å². The molecule has 0 aliphatic rings. The Morgan fingerprint density at radius 1 is 1.06 bits per heavy atom. The molecule has 1 atom stereocenters. The molecule has 0 radical (unpaired) electrons. The first-order valence-electron chi connectivity index (χ1n) is 12.3. The fraction of sp³-hybridized carbons (Fsp3) is 0.536. The van der Waals surface area contributed by atoms with Gasteiger partial charge in [0, 0.05) is 25.0 Å². The summed E-state index contributed by atoms with van der Waals surface area (Å²) >= 11 is 0. The second-order valence-corrected chi connectivity index (χ2v) is 8.54. The highest BCUT2D eigenvalue weighted by molar-refractivity contribution is 5.86. The fourth-order valence-corrected chi connectivity index (χ4v) is 2.95. The van der Waals surface area contributed by atoms with Crippen LogP contribution in [0.2, 0.25) is 0 Å². The van der Waals surface area contributed by atoms with Gasteiger partial charge in [0.15, 0.2) is 0 Å². The number of carbonyl (C=O) groups is 1. The molecule has 0 spiro atoms. The zero-order valence-corrected chi connectivity index (χ0v) is 22.2. The van der Waals surface area contributed by atoms with E-state index in [1.165, 1.54) is 24.6 Å². The van der Waals surface area contributed by atoms with E-state index in [0.717, 1.165) is 68.0 Å². The van der Waals surface area contributed by atoms with Crippen molar-refractivity contribution >= 4 is 5.91 Å². The highest BCUT2D eigenvalue weighted by Gasteiger charge is 2.29. The maximum atomic E-state index is 11.9. The van der Waals surface area contributed by atoms with Gasteiger partial charge in [0.05, 0.1) is 5.56 Å². The van der Waals surface area contributed by atoms with E-state index >= 15 is 0 Å². The molecule has 0 aliphatic heterocycles. The third-order valence-corrected chi connectivity index (χ3v) is 5.29. The number of carbonyl (C=O) groups excluding carboxylic acids is 1. The maximum Gasteiger partial charge on any atom is 0.416 e. The number of hydrogen-bond donors (Lipinski definition) is 0. The molecule has 0 fully saturated rings.